The number of hydrogen-bond acceptors (Lipinski definition) is 2. The lowest BCUT2D eigenvalue weighted by Gasteiger charge is -2.02. The van der Waals surface area contributed by atoms with Crippen LogP contribution in [0.4, 0.5) is 0 Å². The summed E-state index contributed by atoms with van der Waals surface area (Å²) in [6.07, 6.45) is 3.15. The van der Waals surface area contributed by atoms with E-state index in [1.165, 1.54) is 6.08 Å². The minimum absolute atomic E-state index is 0.154. The fourth-order valence-corrected chi connectivity index (χ4v) is 1.09. The Morgan fingerprint density at radius 3 is 2.77 bits per heavy atom. The van der Waals surface area contributed by atoms with Crippen LogP contribution in [0.25, 0.3) is 6.08 Å². The Bertz CT molecular complexity index is 331. The molecule has 0 atom stereocenters. The molecule has 0 saturated heterocycles. The Balaban J connectivity index is 2.93. The van der Waals surface area contributed by atoms with E-state index in [4.69, 9.17) is 4.74 Å². The zero-order chi connectivity index (χ0) is 9.68. The molecular formula is C10H9BrO2. The Kier molecular flexibility index (Phi) is 3.71. The van der Waals surface area contributed by atoms with Crippen molar-refractivity contribution in [2.45, 2.75) is 0 Å². The predicted molar refractivity (Wildman–Crippen MR) is 56.0 cm³/mol. The van der Waals surface area contributed by atoms with Crippen molar-refractivity contribution in [3.05, 3.63) is 35.9 Å². The van der Waals surface area contributed by atoms with Gasteiger partial charge in [-0.25, -0.2) is 0 Å². The van der Waals surface area contributed by atoms with Gasteiger partial charge in [0.25, 0.3) is 0 Å². The molecule has 3 heteroatoms. The molecule has 0 fully saturated rings. The van der Waals surface area contributed by atoms with Crippen molar-refractivity contribution in [1.82, 2.24) is 0 Å². The Labute approximate surface area is 85.3 Å². The molecule has 1 rings (SSSR count). The molecule has 1 aromatic rings. The van der Waals surface area contributed by atoms with E-state index >= 15 is 0 Å². The first-order valence-electron chi connectivity index (χ1n) is 3.74. The number of methoxy groups -OCH3 is 1. The van der Waals surface area contributed by atoms with Crippen LogP contribution in [0.3, 0.4) is 0 Å². The molecule has 0 unspecified atom stereocenters. The maximum atomic E-state index is 10.6. The summed E-state index contributed by atoms with van der Waals surface area (Å²) >= 11 is 2.81. The van der Waals surface area contributed by atoms with Gasteiger partial charge in [-0.2, -0.15) is 0 Å². The van der Waals surface area contributed by atoms with Crippen molar-refractivity contribution >= 4 is 26.7 Å². The van der Waals surface area contributed by atoms with E-state index in [1.54, 1.807) is 13.2 Å². The Morgan fingerprint density at radius 1 is 1.46 bits per heavy atom. The van der Waals surface area contributed by atoms with Crippen LogP contribution >= 0.6 is 15.9 Å². The molecule has 0 aliphatic heterocycles. The van der Waals surface area contributed by atoms with Crippen LogP contribution in [-0.2, 0) is 4.79 Å². The molecule has 0 spiro atoms. The lowest BCUT2D eigenvalue weighted by atomic mass is 10.2. The van der Waals surface area contributed by atoms with Crippen molar-refractivity contribution in [1.29, 1.82) is 0 Å². The molecule has 13 heavy (non-hydrogen) atoms. The van der Waals surface area contributed by atoms with E-state index in [0.717, 1.165) is 11.3 Å². The van der Waals surface area contributed by atoms with E-state index < -0.39 is 0 Å². The van der Waals surface area contributed by atoms with E-state index in [9.17, 15) is 4.79 Å². The molecule has 0 N–H and O–H groups in total. The average Bonchev–Trinajstić information content (AvgIpc) is 2.15. The van der Waals surface area contributed by atoms with Crippen LogP contribution in [-0.4, -0.2) is 11.8 Å². The molecule has 68 valence electrons. The first-order chi connectivity index (χ1) is 6.24. The van der Waals surface area contributed by atoms with Crippen LogP contribution in [0.15, 0.2) is 30.3 Å². The molecule has 0 saturated carbocycles. The van der Waals surface area contributed by atoms with E-state index in [1.807, 2.05) is 24.3 Å². The lowest BCUT2D eigenvalue weighted by Crippen LogP contribution is -1.86. The molecule has 0 aromatic heterocycles. The number of benzene rings is 1. The molecule has 0 heterocycles. The fraction of sp³-hybridized carbons (Fsp3) is 0.100. The van der Waals surface area contributed by atoms with Crippen LogP contribution in [0.2, 0.25) is 0 Å². The largest absolute Gasteiger partial charge is 0.496 e. The summed E-state index contributed by atoms with van der Waals surface area (Å²) in [5.74, 6) is 0.757. The third-order valence-electron chi connectivity index (χ3n) is 1.53. The molecule has 2 nitrogen and oxygen atoms in total. The number of hydrogen-bond donors (Lipinski definition) is 0. The number of carbonyl (C=O) groups is 1. The number of allylic oxidation sites excluding steroid dienone is 1. The molecule has 0 bridgehead atoms. The average molecular weight is 241 g/mol. The second-order valence-electron chi connectivity index (χ2n) is 2.38. The summed E-state index contributed by atoms with van der Waals surface area (Å²) < 4.78 is 4.95. The maximum Gasteiger partial charge on any atom is 0.220 e. The minimum atomic E-state index is -0.154. The van der Waals surface area contributed by atoms with Crippen molar-refractivity contribution in [2.75, 3.05) is 7.11 Å². The SMILES string of the molecule is COc1ccccc1C=CC(=O)Br. The van der Waals surface area contributed by atoms with Gasteiger partial charge in [-0.3, -0.25) is 4.79 Å². The molecule has 1 aromatic carbocycles. The monoisotopic (exact) mass is 240 g/mol. The molecule has 0 aliphatic rings. The fourth-order valence-electron chi connectivity index (χ4n) is 0.959. The summed E-state index contributed by atoms with van der Waals surface area (Å²) in [4.78, 5) is 10.6. The van der Waals surface area contributed by atoms with E-state index in [2.05, 4.69) is 15.9 Å². The zero-order valence-electron chi connectivity index (χ0n) is 7.16. The third-order valence-corrected chi connectivity index (χ3v) is 1.80. The van der Waals surface area contributed by atoms with E-state index in [0.29, 0.717) is 0 Å². The predicted octanol–water partition coefficient (Wildman–Crippen LogP) is 2.63. The van der Waals surface area contributed by atoms with Crippen LogP contribution < -0.4 is 4.74 Å². The summed E-state index contributed by atoms with van der Waals surface area (Å²) in [7, 11) is 1.60. The third kappa shape index (κ3) is 3.03. The van der Waals surface area contributed by atoms with E-state index in [-0.39, 0.29) is 4.69 Å². The van der Waals surface area contributed by atoms with Gasteiger partial charge in [0.2, 0.25) is 4.69 Å². The highest BCUT2D eigenvalue weighted by atomic mass is 79.9. The second-order valence-corrected chi connectivity index (χ2v) is 3.16. The minimum Gasteiger partial charge on any atom is -0.496 e. The number of para-hydroxylation sites is 1. The summed E-state index contributed by atoms with van der Waals surface area (Å²) in [5, 5.41) is 0. The number of carbonyl (C=O) groups excluding carboxylic acids is 1. The first-order valence-corrected chi connectivity index (χ1v) is 4.54. The quantitative estimate of drug-likeness (QED) is 0.600. The first kappa shape index (κ1) is 9.99. The molecule has 0 aliphatic carbocycles. The van der Waals surface area contributed by atoms with Crippen LogP contribution in [0.5, 0.6) is 5.75 Å². The topological polar surface area (TPSA) is 26.3 Å². The van der Waals surface area contributed by atoms with Crippen molar-refractivity contribution < 1.29 is 9.53 Å². The van der Waals surface area contributed by atoms with Gasteiger partial charge in [-0.15, -0.1) is 0 Å². The van der Waals surface area contributed by atoms with Crippen LogP contribution in [0.1, 0.15) is 5.56 Å². The highest BCUT2D eigenvalue weighted by molar-refractivity contribution is 9.18. The Morgan fingerprint density at radius 2 is 2.15 bits per heavy atom. The van der Waals surface area contributed by atoms with Gasteiger partial charge in [0, 0.05) is 5.56 Å². The normalized spacial score (nSPS) is 10.3. The summed E-state index contributed by atoms with van der Waals surface area (Å²) in [6, 6.07) is 7.50. The number of rotatable bonds is 3. The maximum absolute atomic E-state index is 10.6. The van der Waals surface area contributed by atoms with Crippen LogP contribution in [0, 0.1) is 0 Å². The van der Waals surface area contributed by atoms with Gasteiger partial charge >= 0.3 is 0 Å². The van der Waals surface area contributed by atoms with Crippen molar-refractivity contribution in [3.63, 3.8) is 0 Å². The van der Waals surface area contributed by atoms with Gasteiger partial charge in [-0.05, 0) is 34.1 Å². The van der Waals surface area contributed by atoms with Crippen molar-refractivity contribution in [3.8, 4) is 5.75 Å². The van der Waals surface area contributed by atoms with Gasteiger partial charge in [0.05, 0.1) is 7.11 Å². The Hall–Kier alpha value is -1.09. The van der Waals surface area contributed by atoms with Crippen molar-refractivity contribution in [2.24, 2.45) is 0 Å². The smallest absolute Gasteiger partial charge is 0.220 e. The zero-order valence-corrected chi connectivity index (χ0v) is 8.74. The standard InChI is InChI=1S/C10H9BrO2/c1-13-9-5-3-2-4-8(9)6-7-10(11)12/h2-7H,1H3. The lowest BCUT2D eigenvalue weighted by molar-refractivity contribution is -0.106. The summed E-state index contributed by atoms with van der Waals surface area (Å²) in [6.45, 7) is 0. The number of ether oxygens (including phenoxy) is 1. The van der Waals surface area contributed by atoms with Gasteiger partial charge in [0.15, 0.2) is 0 Å². The van der Waals surface area contributed by atoms with Gasteiger partial charge in [0.1, 0.15) is 5.75 Å². The molecular weight excluding hydrogens is 232 g/mol. The molecule has 0 amide bonds. The summed E-state index contributed by atoms with van der Waals surface area (Å²) in [5.41, 5.74) is 0.887. The molecule has 0 radical (unpaired) electrons. The number of halogens is 1. The van der Waals surface area contributed by atoms with Gasteiger partial charge < -0.3 is 4.74 Å². The second kappa shape index (κ2) is 4.82. The highest BCUT2D eigenvalue weighted by Gasteiger charge is 1.96. The highest BCUT2D eigenvalue weighted by Crippen LogP contribution is 2.18. The van der Waals surface area contributed by atoms with Gasteiger partial charge in [-0.1, -0.05) is 18.2 Å².